The van der Waals surface area contributed by atoms with Gasteiger partial charge < -0.3 is 14.2 Å². The number of hydrogen-bond donors (Lipinski definition) is 0. The number of anilines is 1. The van der Waals surface area contributed by atoms with E-state index in [9.17, 15) is 4.79 Å². The number of amides is 1. The average Bonchev–Trinajstić information content (AvgIpc) is 3.23. The topological polar surface area (TPSA) is 62.5 Å². The zero-order valence-electron chi connectivity index (χ0n) is 16.3. The predicted molar refractivity (Wildman–Crippen MR) is 115 cm³/mol. The second-order valence-electron chi connectivity index (χ2n) is 7.32. The van der Waals surface area contributed by atoms with Gasteiger partial charge in [0.1, 0.15) is 17.3 Å². The first-order valence-electron chi connectivity index (χ1n) is 9.71. The van der Waals surface area contributed by atoms with Gasteiger partial charge in [0.25, 0.3) is 0 Å². The van der Waals surface area contributed by atoms with Crippen molar-refractivity contribution in [1.82, 2.24) is 14.9 Å². The smallest absolute Gasteiger partial charge is 0.227 e. The van der Waals surface area contributed by atoms with Gasteiger partial charge in [0, 0.05) is 42.6 Å². The molecule has 0 unspecified atom stereocenters. The summed E-state index contributed by atoms with van der Waals surface area (Å²) in [7, 11) is 1.84. The molecule has 1 aromatic carbocycles. The van der Waals surface area contributed by atoms with Gasteiger partial charge >= 0.3 is 0 Å². The highest BCUT2D eigenvalue weighted by atomic mass is 79.9. The Kier molecular flexibility index (Phi) is 5.94. The van der Waals surface area contributed by atoms with E-state index in [1.807, 2.05) is 43.4 Å². The summed E-state index contributed by atoms with van der Waals surface area (Å²) in [5.41, 5.74) is 1.01. The van der Waals surface area contributed by atoms with Crippen LogP contribution >= 0.6 is 15.9 Å². The molecule has 0 spiro atoms. The normalized spacial score (nSPS) is 16.6. The Morgan fingerprint density at radius 1 is 1.24 bits per heavy atom. The van der Waals surface area contributed by atoms with Crippen LogP contribution in [0.25, 0.3) is 11.3 Å². The van der Waals surface area contributed by atoms with Crippen LogP contribution in [0.1, 0.15) is 18.6 Å². The van der Waals surface area contributed by atoms with Gasteiger partial charge in [0.05, 0.1) is 18.7 Å². The number of hydrogen-bond acceptors (Lipinski definition) is 5. The van der Waals surface area contributed by atoms with Crippen molar-refractivity contribution < 1.29 is 9.21 Å². The van der Waals surface area contributed by atoms with Crippen LogP contribution in [0.15, 0.2) is 63.9 Å². The number of benzene rings is 1. The highest BCUT2D eigenvalue weighted by Crippen LogP contribution is 2.26. The minimum absolute atomic E-state index is 0.0448. The molecule has 1 aliphatic rings. The molecule has 0 aliphatic carbocycles. The lowest BCUT2D eigenvalue weighted by molar-refractivity contribution is -0.135. The van der Waals surface area contributed by atoms with Gasteiger partial charge in [-0.15, -0.1) is 0 Å². The van der Waals surface area contributed by atoms with Gasteiger partial charge in [0.2, 0.25) is 5.91 Å². The molecule has 3 heterocycles. The summed E-state index contributed by atoms with van der Waals surface area (Å²) in [6.45, 7) is 2.03. The maximum absolute atomic E-state index is 13.0. The molecule has 7 heteroatoms. The van der Waals surface area contributed by atoms with E-state index >= 15 is 0 Å². The molecule has 1 saturated heterocycles. The van der Waals surface area contributed by atoms with Crippen LogP contribution in [0.4, 0.5) is 5.82 Å². The molecule has 3 aromatic rings. The van der Waals surface area contributed by atoms with E-state index in [2.05, 4.69) is 30.8 Å². The van der Waals surface area contributed by atoms with E-state index in [0.29, 0.717) is 13.1 Å². The number of aromatic nitrogens is 2. The Labute approximate surface area is 178 Å². The predicted octanol–water partition coefficient (Wildman–Crippen LogP) is 4.37. The molecule has 0 radical (unpaired) electrons. The Hall–Kier alpha value is -2.67. The SMILES string of the molecule is CN(Cc1ccc(-c2ccc(Br)cc2)o1)C(=O)[C@@H]1CCCN(c2cnccn2)C1. The van der Waals surface area contributed by atoms with E-state index < -0.39 is 0 Å². The molecule has 1 aliphatic heterocycles. The van der Waals surface area contributed by atoms with Crippen LogP contribution < -0.4 is 4.90 Å². The number of piperidine rings is 1. The second-order valence-corrected chi connectivity index (χ2v) is 8.23. The first-order chi connectivity index (χ1) is 14.1. The molecule has 0 bridgehead atoms. The van der Waals surface area contributed by atoms with Crippen LogP contribution in [-0.4, -0.2) is 40.9 Å². The summed E-state index contributed by atoms with van der Waals surface area (Å²) in [5, 5.41) is 0. The Morgan fingerprint density at radius 2 is 2.07 bits per heavy atom. The fourth-order valence-corrected chi connectivity index (χ4v) is 3.96. The third kappa shape index (κ3) is 4.67. The van der Waals surface area contributed by atoms with Gasteiger partial charge in [0.15, 0.2) is 0 Å². The first-order valence-corrected chi connectivity index (χ1v) is 10.5. The molecular formula is C22H23BrN4O2. The number of rotatable bonds is 5. The van der Waals surface area contributed by atoms with Gasteiger partial charge in [-0.3, -0.25) is 9.78 Å². The van der Waals surface area contributed by atoms with Crippen LogP contribution in [0, 0.1) is 5.92 Å². The summed E-state index contributed by atoms with van der Waals surface area (Å²) in [4.78, 5) is 25.4. The van der Waals surface area contributed by atoms with E-state index in [4.69, 9.17) is 4.42 Å². The summed E-state index contributed by atoms with van der Waals surface area (Å²) in [6, 6.07) is 11.9. The lowest BCUT2D eigenvalue weighted by Crippen LogP contribution is -2.43. The number of halogens is 1. The molecular weight excluding hydrogens is 432 g/mol. The van der Waals surface area contributed by atoms with E-state index in [1.165, 1.54) is 0 Å². The molecule has 1 atom stereocenters. The minimum atomic E-state index is -0.0448. The Balaban J connectivity index is 1.39. The molecule has 6 nitrogen and oxygen atoms in total. The van der Waals surface area contributed by atoms with Crippen LogP contribution in [0.5, 0.6) is 0 Å². The van der Waals surface area contributed by atoms with Crippen LogP contribution in [0.3, 0.4) is 0 Å². The fourth-order valence-electron chi connectivity index (χ4n) is 3.70. The largest absolute Gasteiger partial charge is 0.459 e. The number of furan rings is 1. The molecule has 2 aromatic heterocycles. The fraction of sp³-hybridized carbons (Fsp3) is 0.318. The highest BCUT2D eigenvalue weighted by Gasteiger charge is 2.29. The molecule has 0 N–H and O–H groups in total. The summed E-state index contributed by atoms with van der Waals surface area (Å²) in [6.07, 6.45) is 6.96. The first kappa shape index (κ1) is 19.6. The Morgan fingerprint density at radius 3 is 2.83 bits per heavy atom. The zero-order valence-corrected chi connectivity index (χ0v) is 17.9. The maximum atomic E-state index is 13.0. The highest BCUT2D eigenvalue weighted by molar-refractivity contribution is 9.10. The molecule has 1 fully saturated rings. The van der Waals surface area contributed by atoms with Crippen molar-refractivity contribution in [2.45, 2.75) is 19.4 Å². The average molecular weight is 455 g/mol. The van der Waals surface area contributed by atoms with Crippen molar-refractivity contribution in [1.29, 1.82) is 0 Å². The van der Waals surface area contributed by atoms with Gasteiger partial charge in [-0.1, -0.05) is 28.1 Å². The molecule has 29 heavy (non-hydrogen) atoms. The minimum Gasteiger partial charge on any atom is -0.459 e. The van der Waals surface area contributed by atoms with Crippen molar-refractivity contribution in [3.63, 3.8) is 0 Å². The number of nitrogens with zero attached hydrogens (tertiary/aromatic N) is 4. The quantitative estimate of drug-likeness (QED) is 0.572. The summed E-state index contributed by atoms with van der Waals surface area (Å²) in [5.74, 6) is 2.51. The van der Waals surface area contributed by atoms with Crippen LogP contribution in [-0.2, 0) is 11.3 Å². The summed E-state index contributed by atoms with van der Waals surface area (Å²) < 4.78 is 7.00. The van der Waals surface area contributed by atoms with Crippen molar-refractivity contribution in [3.8, 4) is 11.3 Å². The summed E-state index contributed by atoms with van der Waals surface area (Å²) >= 11 is 3.44. The number of carbonyl (C=O) groups is 1. The zero-order chi connectivity index (χ0) is 20.2. The maximum Gasteiger partial charge on any atom is 0.227 e. The van der Waals surface area contributed by atoms with E-state index in [-0.39, 0.29) is 11.8 Å². The van der Waals surface area contributed by atoms with Crippen molar-refractivity contribution in [2.24, 2.45) is 5.92 Å². The van der Waals surface area contributed by atoms with Gasteiger partial charge in [-0.2, -0.15) is 0 Å². The van der Waals surface area contributed by atoms with Crippen molar-refractivity contribution >= 4 is 27.7 Å². The third-order valence-electron chi connectivity index (χ3n) is 5.20. The third-order valence-corrected chi connectivity index (χ3v) is 5.73. The molecule has 150 valence electrons. The van der Waals surface area contributed by atoms with Crippen molar-refractivity contribution in [2.75, 3.05) is 25.0 Å². The Bertz CT molecular complexity index is 958. The van der Waals surface area contributed by atoms with E-state index in [0.717, 1.165) is 46.8 Å². The van der Waals surface area contributed by atoms with Gasteiger partial charge in [-0.05, 0) is 37.1 Å². The molecule has 0 saturated carbocycles. The van der Waals surface area contributed by atoms with Gasteiger partial charge in [-0.25, -0.2) is 4.98 Å². The standard InChI is InChI=1S/C22H23BrN4O2/c1-26(15-19-8-9-20(29-19)16-4-6-18(23)7-5-16)22(28)17-3-2-12-27(14-17)21-13-24-10-11-25-21/h4-11,13,17H,2-3,12,14-15H2,1H3/t17-/m1/s1. The van der Waals surface area contributed by atoms with Crippen LogP contribution in [0.2, 0.25) is 0 Å². The second kappa shape index (κ2) is 8.78. The van der Waals surface area contributed by atoms with Crippen molar-refractivity contribution in [3.05, 3.63) is 65.2 Å². The lowest BCUT2D eigenvalue weighted by Gasteiger charge is -2.34. The number of carbonyl (C=O) groups excluding carboxylic acids is 1. The molecule has 1 amide bonds. The lowest BCUT2D eigenvalue weighted by atomic mass is 9.96. The van der Waals surface area contributed by atoms with E-state index in [1.54, 1.807) is 23.5 Å². The monoisotopic (exact) mass is 454 g/mol. The molecule has 4 rings (SSSR count).